The molecule has 0 aliphatic rings. The molecule has 0 spiro atoms. The topological polar surface area (TPSA) is 66.4 Å². The Bertz CT molecular complexity index is 236. The molecule has 0 aromatic rings. The van der Waals surface area contributed by atoms with Crippen LogP contribution < -0.4 is 18.9 Å². The molecule has 0 N–H and O–H groups in total. The molecular weight excluding hydrogens is 215 g/mol. The van der Waals surface area contributed by atoms with Crippen molar-refractivity contribution in [2.24, 2.45) is 0 Å². The summed E-state index contributed by atoms with van der Waals surface area (Å²) in [6.45, 7) is 0. The summed E-state index contributed by atoms with van der Waals surface area (Å²) in [6, 6.07) is 0. The van der Waals surface area contributed by atoms with E-state index < -0.39 is 29.4 Å². The summed E-state index contributed by atoms with van der Waals surface area (Å²) in [5, 5.41) is 0. The molecule has 74 valence electrons. The first-order valence-corrected chi connectivity index (χ1v) is 3.78. The monoisotopic (exact) mass is 218 g/mol. The normalized spacial score (nSPS) is 14.8. The van der Waals surface area contributed by atoms with Crippen LogP contribution in [-0.4, -0.2) is 25.5 Å². The molecule has 4 nitrogen and oxygen atoms in total. The van der Waals surface area contributed by atoms with Gasteiger partial charge in [0.25, 0.3) is 0 Å². The summed E-state index contributed by atoms with van der Waals surface area (Å²) in [5.74, 6) is 0. The number of hydrogen-bond acceptors (Lipinski definition) is 4. The maximum Gasteiger partial charge on any atom is 1.00 e. The molecule has 0 bridgehead atoms. The van der Waals surface area contributed by atoms with Gasteiger partial charge in [0.1, 0.15) is 6.42 Å². The Morgan fingerprint density at radius 3 is 2.00 bits per heavy atom. The second-order valence-corrected chi connectivity index (χ2v) is 2.74. The van der Waals surface area contributed by atoms with Crippen molar-refractivity contribution in [1.29, 1.82) is 0 Å². The molecule has 0 fully saturated rings. The molecule has 13 heavy (non-hydrogen) atoms. The zero-order valence-corrected chi connectivity index (χ0v) is 7.15. The van der Waals surface area contributed by atoms with Gasteiger partial charge in [0, 0.05) is 0 Å². The third kappa shape index (κ3) is 12.2. The van der Waals surface area contributed by atoms with Crippen molar-refractivity contribution in [3.63, 3.8) is 0 Å². The van der Waals surface area contributed by atoms with Crippen LogP contribution in [0.2, 0.25) is 0 Å². The van der Waals surface area contributed by atoms with Crippen molar-refractivity contribution >= 4 is 10.4 Å². The van der Waals surface area contributed by atoms with Gasteiger partial charge in [0.05, 0.1) is 0 Å². The van der Waals surface area contributed by atoms with Crippen LogP contribution in [0.3, 0.4) is 0 Å². The van der Waals surface area contributed by atoms with E-state index in [1.165, 1.54) is 0 Å². The summed E-state index contributed by atoms with van der Waals surface area (Å²) in [4.78, 5) is 0. The Hall–Kier alpha value is 0.187. The Kier molecular flexibility index (Phi) is 6.22. The van der Waals surface area contributed by atoms with E-state index in [9.17, 15) is 30.5 Å². The third-order valence-corrected chi connectivity index (χ3v) is 1.06. The summed E-state index contributed by atoms with van der Waals surface area (Å²) in [6.07, 6.45) is -10.2. The second-order valence-electron chi connectivity index (χ2n) is 1.73. The van der Waals surface area contributed by atoms with Crippen LogP contribution in [-0.2, 0) is 14.6 Å². The van der Waals surface area contributed by atoms with E-state index in [0.29, 0.717) is 0 Å². The van der Waals surface area contributed by atoms with Gasteiger partial charge in [-0.05, 0) is 0 Å². The summed E-state index contributed by atoms with van der Waals surface area (Å²) in [7, 11) is -5.42. The van der Waals surface area contributed by atoms with Gasteiger partial charge in [-0.1, -0.05) is 0 Å². The quantitative estimate of drug-likeness (QED) is 0.231. The third-order valence-electron chi connectivity index (χ3n) is 0.614. The smallest absolute Gasteiger partial charge is 0.725 e. The van der Waals surface area contributed by atoms with E-state index in [1.807, 2.05) is 0 Å². The number of halogens is 4. The summed E-state index contributed by atoms with van der Waals surface area (Å²) < 4.78 is 77.1. The van der Waals surface area contributed by atoms with Crippen LogP contribution in [0, 0.1) is 0 Å². The molecule has 0 radical (unpaired) electrons. The molecule has 0 rings (SSSR count). The molecule has 10 heteroatoms. The van der Waals surface area contributed by atoms with Gasteiger partial charge < -0.3 is 4.55 Å². The molecule has 0 aromatic carbocycles. The van der Waals surface area contributed by atoms with Gasteiger partial charge in [0.2, 0.25) is 16.8 Å². The van der Waals surface area contributed by atoms with E-state index in [4.69, 9.17) is 0 Å². The van der Waals surface area contributed by atoms with Gasteiger partial charge in [0.15, 0.2) is 0 Å². The molecule has 0 saturated heterocycles. The average Bonchev–Trinajstić information content (AvgIpc) is 1.49. The van der Waals surface area contributed by atoms with Crippen molar-refractivity contribution in [2.75, 3.05) is 0 Å². The number of rotatable bonds is 3. The van der Waals surface area contributed by atoms with Gasteiger partial charge in [-0.2, -0.15) is 13.2 Å². The van der Waals surface area contributed by atoms with Crippen molar-refractivity contribution in [1.82, 2.24) is 0 Å². The van der Waals surface area contributed by atoms with Crippen LogP contribution in [0.1, 0.15) is 6.42 Å². The van der Waals surface area contributed by atoms with Crippen LogP contribution in [0.15, 0.2) is 0 Å². The summed E-state index contributed by atoms with van der Waals surface area (Å²) in [5.41, 5.74) is 0. The zero-order valence-electron chi connectivity index (χ0n) is 6.34. The van der Waals surface area contributed by atoms with E-state index in [1.54, 1.807) is 0 Å². The maximum atomic E-state index is 11.9. The fourth-order valence-electron chi connectivity index (χ4n) is 0.344. The molecule has 0 aromatic heterocycles. The van der Waals surface area contributed by atoms with Gasteiger partial charge in [-0.3, -0.25) is 0 Å². The van der Waals surface area contributed by atoms with Gasteiger partial charge in [-0.25, -0.2) is 17.0 Å². The van der Waals surface area contributed by atoms with Crippen LogP contribution >= 0.6 is 0 Å². The fraction of sp³-hybridized carbons (Fsp3) is 1.00. The maximum absolute atomic E-state index is 11.9. The van der Waals surface area contributed by atoms with E-state index in [-0.39, 0.29) is 18.9 Å². The first-order valence-electron chi connectivity index (χ1n) is 2.45. The predicted octanol–water partition coefficient (Wildman–Crippen LogP) is -2.28. The summed E-state index contributed by atoms with van der Waals surface area (Å²) >= 11 is 0. The van der Waals surface area contributed by atoms with E-state index >= 15 is 0 Å². The van der Waals surface area contributed by atoms with Gasteiger partial charge >= 0.3 is 25.0 Å². The Labute approximate surface area is 83.4 Å². The largest absolute Gasteiger partial charge is 1.00 e. The average molecular weight is 218 g/mol. The molecule has 0 heterocycles. The molecule has 1 atom stereocenters. The Balaban J connectivity index is 0. The Morgan fingerprint density at radius 1 is 1.38 bits per heavy atom. The minimum absolute atomic E-state index is 0. The minimum atomic E-state index is -5.42. The van der Waals surface area contributed by atoms with Crippen LogP contribution in [0.25, 0.3) is 0 Å². The van der Waals surface area contributed by atoms with Crippen molar-refractivity contribution < 1.29 is 53.6 Å². The predicted molar refractivity (Wildman–Crippen MR) is 26.4 cm³/mol. The minimum Gasteiger partial charge on any atom is -0.725 e. The van der Waals surface area contributed by atoms with E-state index in [0.717, 1.165) is 0 Å². The number of hydrogen-bond donors (Lipinski definition) is 0. The first kappa shape index (κ1) is 15.7. The first-order chi connectivity index (χ1) is 5.10. The SMILES string of the molecule is O=S(=O)([O-])OC(F)CC(F)(F)F.[Li+]. The molecule has 0 aliphatic carbocycles. The second kappa shape index (κ2) is 5.16. The standard InChI is InChI=1S/C3H4F4O4S.Li/c4-2(1-3(5,6)7)11-12(8,9)10;/h2H,1H2,(H,8,9,10);/q;+1/p-1. The van der Waals surface area contributed by atoms with Crippen LogP contribution in [0.5, 0.6) is 0 Å². The fourth-order valence-corrected chi connectivity index (χ4v) is 0.668. The van der Waals surface area contributed by atoms with Crippen LogP contribution in [0.4, 0.5) is 17.6 Å². The molecule has 0 amide bonds. The molecule has 1 unspecified atom stereocenters. The van der Waals surface area contributed by atoms with Crippen molar-refractivity contribution in [3.8, 4) is 0 Å². The zero-order chi connectivity index (χ0) is 9.99. The van der Waals surface area contributed by atoms with E-state index in [2.05, 4.69) is 4.18 Å². The van der Waals surface area contributed by atoms with Crippen molar-refractivity contribution in [3.05, 3.63) is 0 Å². The van der Waals surface area contributed by atoms with Crippen molar-refractivity contribution in [2.45, 2.75) is 19.0 Å². The molecule has 0 aliphatic heterocycles. The molecule has 0 saturated carbocycles. The molecular formula is C3H3F4LiO4S. The van der Waals surface area contributed by atoms with Gasteiger partial charge in [-0.15, -0.1) is 0 Å². The Morgan fingerprint density at radius 2 is 1.77 bits per heavy atom. The number of alkyl halides is 4.